The number of pyridine rings is 1. The zero-order valence-corrected chi connectivity index (χ0v) is 9.62. The van der Waals surface area contributed by atoms with Gasteiger partial charge >= 0.3 is 0 Å². The first-order chi connectivity index (χ1) is 8.06. The van der Waals surface area contributed by atoms with E-state index in [4.69, 9.17) is 17.3 Å². The van der Waals surface area contributed by atoms with E-state index >= 15 is 0 Å². The fourth-order valence-electron chi connectivity index (χ4n) is 1.22. The maximum Gasteiger partial charge on any atom is 0.293 e. The summed E-state index contributed by atoms with van der Waals surface area (Å²) in [5.41, 5.74) is 6.46. The highest BCUT2D eigenvalue weighted by atomic mass is 35.5. The Balaban J connectivity index is 2.18. The first-order valence-electron chi connectivity index (χ1n) is 4.68. The van der Waals surface area contributed by atoms with Crippen LogP contribution in [0.3, 0.4) is 0 Å². The van der Waals surface area contributed by atoms with Gasteiger partial charge in [-0.3, -0.25) is 9.89 Å². The first kappa shape index (κ1) is 11.3. The molecule has 0 aliphatic rings. The molecule has 0 saturated carbocycles. The molecule has 7 nitrogen and oxygen atoms in total. The molecule has 17 heavy (non-hydrogen) atoms. The van der Waals surface area contributed by atoms with Gasteiger partial charge in [0, 0.05) is 0 Å². The van der Waals surface area contributed by atoms with Crippen LogP contribution in [0.15, 0.2) is 12.1 Å². The molecule has 0 spiro atoms. The molecule has 0 unspecified atom stereocenters. The number of hydrogen-bond acceptors (Lipinski definition) is 5. The van der Waals surface area contributed by atoms with Crippen LogP contribution in [-0.2, 0) is 0 Å². The summed E-state index contributed by atoms with van der Waals surface area (Å²) >= 11 is 5.70. The smallest absolute Gasteiger partial charge is 0.293 e. The van der Waals surface area contributed by atoms with Crippen molar-refractivity contribution >= 4 is 29.1 Å². The third-order valence-electron chi connectivity index (χ3n) is 2.02. The molecule has 2 aromatic heterocycles. The first-order valence-corrected chi connectivity index (χ1v) is 5.06. The Morgan fingerprint density at radius 2 is 2.24 bits per heavy atom. The number of aromatic amines is 1. The predicted molar refractivity (Wildman–Crippen MR) is 62.7 cm³/mol. The molecule has 4 N–H and O–H groups in total. The van der Waals surface area contributed by atoms with Crippen molar-refractivity contribution in [1.82, 2.24) is 20.2 Å². The van der Waals surface area contributed by atoms with E-state index in [1.807, 2.05) is 0 Å². The van der Waals surface area contributed by atoms with Gasteiger partial charge in [0.2, 0.25) is 11.8 Å². The van der Waals surface area contributed by atoms with E-state index < -0.39 is 5.91 Å². The molecule has 88 valence electrons. The number of carbonyl (C=O) groups excluding carboxylic acids is 1. The van der Waals surface area contributed by atoms with Crippen molar-refractivity contribution in [3.8, 4) is 0 Å². The molecular weight excluding hydrogens is 244 g/mol. The molecule has 2 heterocycles. The Bertz CT molecular complexity index is 566. The Morgan fingerprint density at radius 1 is 1.47 bits per heavy atom. The summed E-state index contributed by atoms with van der Waals surface area (Å²) in [6, 6.07) is 3.24. The normalized spacial score (nSPS) is 10.2. The van der Waals surface area contributed by atoms with E-state index in [1.165, 1.54) is 0 Å². The molecule has 2 rings (SSSR count). The number of halogens is 1. The zero-order valence-electron chi connectivity index (χ0n) is 8.86. The number of anilines is 2. The summed E-state index contributed by atoms with van der Waals surface area (Å²) < 4.78 is 0. The summed E-state index contributed by atoms with van der Waals surface area (Å²) in [7, 11) is 0. The van der Waals surface area contributed by atoms with Crippen molar-refractivity contribution < 1.29 is 4.79 Å². The lowest BCUT2D eigenvalue weighted by molar-refractivity contribution is 0.101. The van der Waals surface area contributed by atoms with Crippen LogP contribution in [0.5, 0.6) is 0 Å². The molecule has 0 saturated heterocycles. The Hall–Kier alpha value is -2.15. The fraction of sp³-hybridized carbons (Fsp3) is 0.111. The van der Waals surface area contributed by atoms with E-state index in [2.05, 4.69) is 25.5 Å². The Morgan fingerprint density at radius 3 is 2.82 bits per heavy atom. The summed E-state index contributed by atoms with van der Waals surface area (Å²) in [6.07, 6.45) is 0. The SMILES string of the molecule is Cc1nc(Cl)ccc1NC(=O)c1nc(N)n[nH]1. The van der Waals surface area contributed by atoms with Crippen LogP contribution in [-0.4, -0.2) is 26.1 Å². The van der Waals surface area contributed by atoms with E-state index in [0.29, 0.717) is 16.5 Å². The summed E-state index contributed by atoms with van der Waals surface area (Å²) in [5.74, 6) is -0.389. The number of nitrogens with zero attached hydrogens (tertiary/aromatic N) is 3. The Kier molecular flexibility index (Phi) is 2.92. The average molecular weight is 253 g/mol. The van der Waals surface area contributed by atoms with Crippen molar-refractivity contribution in [2.24, 2.45) is 0 Å². The number of nitrogen functional groups attached to an aromatic ring is 1. The van der Waals surface area contributed by atoms with Gasteiger partial charge in [-0.05, 0) is 19.1 Å². The minimum Gasteiger partial charge on any atom is -0.366 e. The average Bonchev–Trinajstić information content (AvgIpc) is 2.69. The highest BCUT2D eigenvalue weighted by Crippen LogP contribution is 2.16. The summed E-state index contributed by atoms with van der Waals surface area (Å²) in [6.45, 7) is 1.73. The second-order valence-corrected chi connectivity index (χ2v) is 3.65. The third kappa shape index (κ3) is 2.51. The number of nitrogens with two attached hydrogens (primary N) is 1. The van der Waals surface area contributed by atoms with Crippen LogP contribution in [0.25, 0.3) is 0 Å². The molecule has 0 atom stereocenters. The summed E-state index contributed by atoms with van der Waals surface area (Å²) in [4.78, 5) is 19.4. The van der Waals surface area contributed by atoms with Crippen molar-refractivity contribution in [1.29, 1.82) is 0 Å². The van der Waals surface area contributed by atoms with Crippen LogP contribution in [0.4, 0.5) is 11.6 Å². The lowest BCUT2D eigenvalue weighted by Crippen LogP contribution is -2.15. The van der Waals surface area contributed by atoms with Crippen molar-refractivity contribution in [3.63, 3.8) is 0 Å². The number of nitrogens with one attached hydrogen (secondary N) is 2. The molecule has 0 fully saturated rings. The number of hydrogen-bond donors (Lipinski definition) is 3. The van der Waals surface area contributed by atoms with E-state index in [9.17, 15) is 4.79 Å². The van der Waals surface area contributed by atoms with Crippen molar-refractivity contribution in [3.05, 3.63) is 28.8 Å². The lowest BCUT2D eigenvalue weighted by atomic mass is 10.3. The quantitative estimate of drug-likeness (QED) is 0.691. The van der Waals surface area contributed by atoms with E-state index in [0.717, 1.165) is 0 Å². The van der Waals surface area contributed by atoms with Gasteiger partial charge in [-0.1, -0.05) is 11.6 Å². The number of aromatic nitrogens is 4. The Labute approximate surface area is 101 Å². The minimum absolute atomic E-state index is 0.0149. The van der Waals surface area contributed by atoms with Gasteiger partial charge in [0.25, 0.3) is 5.91 Å². The minimum atomic E-state index is -0.443. The number of amides is 1. The van der Waals surface area contributed by atoms with Crippen LogP contribution in [0.2, 0.25) is 5.15 Å². The van der Waals surface area contributed by atoms with Gasteiger partial charge in [0.1, 0.15) is 5.15 Å². The molecule has 0 aliphatic carbocycles. The molecule has 8 heteroatoms. The van der Waals surface area contributed by atoms with Gasteiger partial charge in [-0.2, -0.15) is 4.98 Å². The second kappa shape index (κ2) is 4.38. The number of rotatable bonds is 2. The highest BCUT2D eigenvalue weighted by Gasteiger charge is 2.12. The van der Waals surface area contributed by atoms with Gasteiger partial charge in [0.05, 0.1) is 11.4 Å². The monoisotopic (exact) mass is 252 g/mol. The number of carbonyl (C=O) groups is 1. The topological polar surface area (TPSA) is 110 Å². The molecule has 0 aliphatic heterocycles. The van der Waals surface area contributed by atoms with E-state index in [1.54, 1.807) is 19.1 Å². The standard InChI is InChI=1S/C9H9ClN6O/c1-4-5(2-3-6(10)12-4)13-8(17)7-14-9(11)16-15-7/h2-3H,1H3,(H,13,17)(H3,11,14,15,16). The van der Waals surface area contributed by atoms with Crippen LogP contribution < -0.4 is 11.1 Å². The molecular formula is C9H9ClN6O. The van der Waals surface area contributed by atoms with Gasteiger partial charge in [-0.25, -0.2) is 4.98 Å². The predicted octanol–water partition coefficient (Wildman–Crippen LogP) is 0.996. The van der Waals surface area contributed by atoms with Crippen molar-refractivity contribution in [2.75, 3.05) is 11.1 Å². The lowest BCUT2D eigenvalue weighted by Gasteiger charge is -2.05. The molecule has 0 radical (unpaired) electrons. The van der Waals surface area contributed by atoms with E-state index in [-0.39, 0.29) is 11.8 Å². The number of aryl methyl sites for hydroxylation is 1. The summed E-state index contributed by atoms with van der Waals surface area (Å²) in [5, 5.41) is 8.95. The molecule has 1 amide bonds. The maximum absolute atomic E-state index is 11.7. The van der Waals surface area contributed by atoms with Crippen LogP contribution in [0.1, 0.15) is 16.3 Å². The molecule has 0 aromatic carbocycles. The zero-order chi connectivity index (χ0) is 12.4. The fourth-order valence-corrected chi connectivity index (χ4v) is 1.41. The van der Waals surface area contributed by atoms with Gasteiger partial charge in [-0.15, -0.1) is 5.10 Å². The van der Waals surface area contributed by atoms with Crippen LogP contribution >= 0.6 is 11.6 Å². The molecule has 2 aromatic rings. The van der Waals surface area contributed by atoms with Gasteiger partial charge in [0.15, 0.2) is 0 Å². The van der Waals surface area contributed by atoms with Crippen LogP contribution in [0, 0.1) is 6.92 Å². The highest BCUT2D eigenvalue weighted by molar-refractivity contribution is 6.29. The van der Waals surface area contributed by atoms with Gasteiger partial charge < -0.3 is 11.1 Å². The second-order valence-electron chi connectivity index (χ2n) is 3.26. The maximum atomic E-state index is 11.7. The third-order valence-corrected chi connectivity index (χ3v) is 2.23. The molecule has 0 bridgehead atoms. The van der Waals surface area contributed by atoms with Crippen molar-refractivity contribution in [2.45, 2.75) is 6.92 Å². The largest absolute Gasteiger partial charge is 0.366 e. The number of H-pyrrole nitrogens is 1.